The summed E-state index contributed by atoms with van der Waals surface area (Å²) in [6.07, 6.45) is 0. The molecule has 0 aliphatic carbocycles. The fraction of sp³-hybridized carbons (Fsp3) is 0.273. The number of nitrogens with zero attached hydrogens (tertiary/aromatic N) is 3. The molecule has 5 heteroatoms. The number of rotatable bonds is 2. The molecule has 0 atom stereocenters. The summed E-state index contributed by atoms with van der Waals surface area (Å²) in [5, 5.41) is 0.850. The standard InChI is InChI=1S/C11H11ClFN3/c1-3-16(2)10-8-6-7(13)4-5-9(8)14-11(12)15-10/h4-6H,3H2,1-2H3. The summed E-state index contributed by atoms with van der Waals surface area (Å²) in [5.74, 6) is 0.348. The molecule has 0 spiro atoms. The van der Waals surface area contributed by atoms with Crippen molar-refractivity contribution in [3.63, 3.8) is 0 Å². The summed E-state index contributed by atoms with van der Waals surface area (Å²) < 4.78 is 13.2. The van der Waals surface area contributed by atoms with Crippen LogP contribution in [0.4, 0.5) is 10.2 Å². The van der Waals surface area contributed by atoms with Crippen molar-refractivity contribution >= 4 is 28.3 Å². The third-order valence-electron chi connectivity index (χ3n) is 2.45. The maximum absolute atomic E-state index is 13.2. The van der Waals surface area contributed by atoms with Gasteiger partial charge in [0, 0.05) is 19.0 Å². The largest absolute Gasteiger partial charge is 0.359 e. The van der Waals surface area contributed by atoms with Crippen molar-refractivity contribution in [3.05, 3.63) is 29.3 Å². The van der Waals surface area contributed by atoms with Crippen LogP contribution in [0.3, 0.4) is 0 Å². The Kier molecular flexibility index (Phi) is 2.92. The quantitative estimate of drug-likeness (QED) is 0.755. The minimum absolute atomic E-state index is 0.175. The Bertz CT molecular complexity index is 530. The number of benzene rings is 1. The molecule has 0 aliphatic heterocycles. The molecule has 0 radical (unpaired) electrons. The topological polar surface area (TPSA) is 29.0 Å². The lowest BCUT2D eigenvalue weighted by Gasteiger charge is -2.17. The van der Waals surface area contributed by atoms with E-state index in [1.54, 1.807) is 6.07 Å². The van der Waals surface area contributed by atoms with Crippen LogP contribution in [-0.4, -0.2) is 23.6 Å². The Hall–Kier alpha value is -1.42. The van der Waals surface area contributed by atoms with E-state index in [-0.39, 0.29) is 11.1 Å². The van der Waals surface area contributed by atoms with E-state index >= 15 is 0 Å². The van der Waals surface area contributed by atoms with Crippen LogP contribution in [0, 0.1) is 5.82 Å². The third kappa shape index (κ3) is 1.93. The number of aromatic nitrogens is 2. The Labute approximate surface area is 97.9 Å². The van der Waals surface area contributed by atoms with Crippen molar-refractivity contribution in [1.29, 1.82) is 0 Å². The van der Waals surface area contributed by atoms with Crippen LogP contribution in [0.5, 0.6) is 0 Å². The summed E-state index contributed by atoms with van der Waals surface area (Å²) in [6, 6.07) is 4.39. The van der Waals surface area contributed by atoms with Crippen molar-refractivity contribution < 1.29 is 4.39 Å². The molecule has 0 unspecified atom stereocenters. The second kappa shape index (κ2) is 4.22. The minimum Gasteiger partial charge on any atom is -0.359 e. The molecule has 1 aromatic carbocycles. The molecule has 0 aliphatic rings. The molecule has 1 heterocycles. The fourth-order valence-corrected chi connectivity index (χ4v) is 1.67. The van der Waals surface area contributed by atoms with Gasteiger partial charge in [-0.15, -0.1) is 0 Å². The van der Waals surface area contributed by atoms with Crippen LogP contribution in [-0.2, 0) is 0 Å². The molecule has 1 aromatic heterocycles. The first-order chi connectivity index (χ1) is 7.61. The lowest BCUT2D eigenvalue weighted by Crippen LogP contribution is -2.18. The van der Waals surface area contributed by atoms with Gasteiger partial charge in [0.25, 0.3) is 0 Å². The predicted octanol–water partition coefficient (Wildman–Crippen LogP) is 2.88. The normalized spacial score (nSPS) is 10.8. The van der Waals surface area contributed by atoms with Crippen molar-refractivity contribution in [2.45, 2.75) is 6.92 Å². The minimum atomic E-state index is -0.302. The predicted molar refractivity (Wildman–Crippen MR) is 63.5 cm³/mol. The van der Waals surface area contributed by atoms with Crippen LogP contribution in [0.1, 0.15) is 6.92 Å². The monoisotopic (exact) mass is 239 g/mol. The smallest absolute Gasteiger partial charge is 0.224 e. The molecule has 0 saturated carbocycles. The SMILES string of the molecule is CCN(C)c1nc(Cl)nc2ccc(F)cc12. The first-order valence-electron chi connectivity index (χ1n) is 4.95. The van der Waals surface area contributed by atoms with Crippen molar-refractivity contribution in [3.8, 4) is 0 Å². The summed E-state index contributed by atoms with van der Waals surface area (Å²) >= 11 is 5.82. The third-order valence-corrected chi connectivity index (χ3v) is 2.62. The van der Waals surface area contributed by atoms with E-state index in [2.05, 4.69) is 9.97 Å². The molecule has 16 heavy (non-hydrogen) atoms. The van der Waals surface area contributed by atoms with Gasteiger partial charge in [-0.3, -0.25) is 0 Å². The molecule has 3 nitrogen and oxygen atoms in total. The zero-order valence-electron chi connectivity index (χ0n) is 9.04. The molecular weight excluding hydrogens is 229 g/mol. The van der Waals surface area contributed by atoms with Gasteiger partial charge < -0.3 is 4.90 Å². The number of hydrogen-bond donors (Lipinski definition) is 0. The van der Waals surface area contributed by atoms with Crippen molar-refractivity contribution in [2.24, 2.45) is 0 Å². The Morgan fingerprint density at radius 2 is 2.12 bits per heavy atom. The zero-order valence-corrected chi connectivity index (χ0v) is 9.79. The van der Waals surface area contributed by atoms with Gasteiger partial charge in [-0.1, -0.05) is 0 Å². The molecule has 0 N–H and O–H groups in total. The molecule has 2 aromatic rings. The number of anilines is 1. The highest BCUT2D eigenvalue weighted by atomic mass is 35.5. The number of halogens is 2. The van der Waals surface area contributed by atoms with Crippen LogP contribution in [0.25, 0.3) is 10.9 Å². The van der Waals surface area contributed by atoms with E-state index in [4.69, 9.17) is 11.6 Å². The first-order valence-corrected chi connectivity index (χ1v) is 5.33. The Morgan fingerprint density at radius 3 is 2.81 bits per heavy atom. The van der Waals surface area contributed by atoms with Gasteiger partial charge in [-0.25, -0.2) is 9.37 Å². The average Bonchev–Trinajstić information content (AvgIpc) is 2.27. The van der Waals surface area contributed by atoms with Crippen LogP contribution < -0.4 is 4.90 Å². The van der Waals surface area contributed by atoms with Crippen LogP contribution >= 0.6 is 11.6 Å². The molecule has 0 saturated heterocycles. The van der Waals surface area contributed by atoms with E-state index in [0.717, 1.165) is 6.54 Å². The Morgan fingerprint density at radius 1 is 1.38 bits per heavy atom. The van der Waals surface area contributed by atoms with Gasteiger partial charge in [0.15, 0.2) is 0 Å². The summed E-state index contributed by atoms with van der Waals surface area (Å²) in [4.78, 5) is 10.1. The molecule has 0 fully saturated rings. The molecule has 0 amide bonds. The lowest BCUT2D eigenvalue weighted by molar-refractivity contribution is 0.629. The highest BCUT2D eigenvalue weighted by Gasteiger charge is 2.10. The maximum Gasteiger partial charge on any atom is 0.224 e. The molecule has 0 bridgehead atoms. The van der Waals surface area contributed by atoms with Gasteiger partial charge in [0.05, 0.1) is 5.52 Å². The van der Waals surface area contributed by atoms with Crippen molar-refractivity contribution in [1.82, 2.24) is 9.97 Å². The Balaban J connectivity index is 2.74. The molecular formula is C11H11ClFN3. The second-order valence-electron chi connectivity index (χ2n) is 3.49. The first kappa shape index (κ1) is 11.1. The van der Waals surface area contributed by atoms with Gasteiger partial charge >= 0.3 is 0 Å². The zero-order chi connectivity index (χ0) is 11.7. The second-order valence-corrected chi connectivity index (χ2v) is 3.83. The highest BCUT2D eigenvalue weighted by Crippen LogP contribution is 2.25. The number of hydrogen-bond acceptors (Lipinski definition) is 3. The van der Waals surface area contributed by atoms with Crippen LogP contribution in [0.15, 0.2) is 18.2 Å². The van der Waals surface area contributed by atoms with Gasteiger partial charge in [0.2, 0.25) is 5.28 Å². The van der Waals surface area contributed by atoms with Gasteiger partial charge in [-0.2, -0.15) is 4.98 Å². The van der Waals surface area contributed by atoms with E-state index in [1.165, 1.54) is 12.1 Å². The summed E-state index contributed by atoms with van der Waals surface area (Å²) in [7, 11) is 1.88. The number of fused-ring (bicyclic) bond motifs is 1. The van der Waals surface area contributed by atoms with E-state index < -0.39 is 0 Å². The molecule has 2 rings (SSSR count). The van der Waals surface area contributed by atoms with Gasteiger partial charge in [-0.05, 0) is 36.7 Å². The molecule has 84 valence electrons. The fourth-order valence-electron chi connectivity index (χ4n) is 1.50. The van der Waals surface area contributed by atoms with Crippen LogP contribution in [0.2, 0.25) is 5.28 Å². The van der Waals surface area contributed by atoms with Crippen molar-refractivity contribution in [2.75, 3.05) is 18.5 Å². The maximum atomic E-state index is 13.2. The van der Waals surface area contributed by atoms with E-state index in [0.29, 0.717) is 16.7 Å². The van der Waals surface area contributed by atoms with Gasteiger partial charge in [0.1, 0.15) is 11.6 Å². The average molecular weight is 240 g/mol. The highest BCUT2D eigenvalue weighted by molar-refractivity contribution is 6.28. The summed E-state index contributed by atoms with van der Waals surface area (Å²) in [6.45, 7) is 2.75. The lowest BCUT2D eigenvalue weighted by atomic mass is 10.2. The summed E-state index contributed by atoms with van der Waals surface area (Å²) in [5.41, 5.74) is 0.650. The van der Waals surface area contributed by atoms with E-state index in [9.17, 15) is 4.39 Å². The van der Waals surface area contributed by atoms with E-state index in [1.807, 2.05) is 18.9 Å².